The number of aromatic nitrogens is 2. The van der Waals surface area contributed by atoms with Crippen LogP contribution in [0.3, 0.4) is 0 Å². The van der Waals surface area contributed by atoms with E-state index >= 15 is 0 Å². The number of rotatable bonds is 4. The molecule has 0 N–H and O–H groups in total. The average molecular weight is 256 g/mol. The van der Waals surface area contributed by atoms with Crippen LogP contribution in [0.2, 0.25) is 5.15 Å². The molecule has 1 saturated heterocycles. The normalized spacial score (nSPS) is 19.9. The summed E-state index contributed by atoms with van der Waals surface area (Å²) in [6, 6.07) is 1.83. The van der Waals surface area contributed by atoms with Gasteiger partial charge >= 0.3 is 0 Å². The predicted molar refractivity (Wildman–Crippen MR) is 68.6 cm³/mol. The van der Waals surface area contributed by atoms with E-state index in [-0.39, 0.29) is 0 Å². The number of nitrogens with zero attached hydrogens (tertiary/aromatic N) is 3. The van der Waals surface area contributed by atoms with Gasteiger partial charge in [-0.25, -0.2) is 9.97 Å². The Morgan fingerprint density at radius 3 is 3.06 bits per heavy atom. The van der Waals surface area contributed by atoms with Crippen molar-refractivity contribution in [1.82, 2.24) is 9.97 Å². The van der Waals surface area contributed by atoms with Gasteiger partial charge in [-0.05, 0) is 20.3 Å². The molecular weight excluding hydrogens is 238 g/mol. The smallest absolute Gasteiger partial charge is 0.134 e. The first kappa shape index (κ1) is 12.6. The minimum absolute atomic E-state index is 0.515. The van der Waals surface area contributed by atoms with Gasteiger partial charge in [0, 0.05) is 31.7 Å². The van der Waals surface area contributed by atoms with E-state index in [1.165, 1.54) is 0 Å². The molecule has 2 heterocycles. The molecule has 1 aromatic rings. The van der Waals surface area contributed by atoms with Gasteiger partial charge in [0.25, 0.3) is 0 Å². The van der Waals surface area contributed by atoms with E-state index in [4.69, 9.17) is 16.3 Å². The summed E-state index contributed by atoms with van der Waals surface area (Å²) in [5.41, 5.74) is 0. The summed E-state index contributed by atoms with van der Waals surface area (Å²) in [5, 5.41) is 0.515. The van der Waals surface area contributed by atoms with E-state index in [9.17, 15) is 0 Å². The molecule has 1 fully saturated rings. The Morgan fingerprint density at radius 2 is 2.35 bits per heavy atom. The lowest BCUT2D eigenvalue weighted by Gasteiger charge is -2.17. The minimum atomic E-state index is 0.515. The molecule has 1 unspecified atom stereocenters. The zero-order valence-electron chi connectivity index (χ0n) is 10.3. The second-order valence-corrected chi connectivity index (χ2v) is 4.74. The average Bonchev–Trinajstić information content (AvgIpc) is 2.73. The zero-order valence-corrected chi connectivity index (χ0v) is 11.1. The molecule has 0 saturated carbocycles. The molecule has 0 amide bonds. The summed E-state index contributed by atoms with van der Waals surface area (Å²) in [4.78, 5) is 10.8. The fraction of sp³-hybridized carbons (Fsp3) is 0.667. The van der Waals surface area contributed by atoms with Crippen molar-refractivity contribution < 1.29 is 4.74 Å². The highest BCUT2D eigenvalue weighted by atomic mass is 35.5. The molecule has 1 aromatic heterocycles. The topological polar surface area (TPSA) is 38.2 Å². The number of ether oxygens (including phenoxy) is 1. The predicted octanol–water partition coefficient (Wildman–Crippen LogP) is 2.30. The van der Waals surface area contributed by atoms with Crippen molar-refractivity contribution in [2.75, 3.05) is 31.2 Å². The van der Waals surface area contributed by atoms with E-state index in [1.54, 1.807) is 0 Å². The van der Waals surface area contributed by atoms with Gasteiger partial charge in [0.05, 0.1) is 6.61 Å². The standard InChI is InChI=1S/C12H18ClN3O/c1-3-17-8-10-4-5-16(7-10)12-6-11(13)14-9(2)15-12/h6,10H,3-5,7-8H2,1-2H3. The molecule has 1 atom stereocenters. The Kier molecular flexibility index (Phi) is 4.18. The maximum atomic E-state index is 5.95. The molecule has 4 nitrogen and oxygen atoms in total. The minimum Gasteiger partial charge on any atom is -0.381 e. The fourth-order valence-corrected chi connectivity index (χ4v) is 2.36. The van der Waals surface area contributed by atoms with E-state index < -0.39 is 0 Å². The highest BCUT2D eigenvalue weighted by molar-refractivity contribution is 6.29. The Bertz CT molecular complexity index is 366. The van der Waals surface area contributed by atoms with Gasteiger partial charge < -0.3 is 9.64 Å². The van der Waals surface area contributed by atoms with Crippen LogP contribution in [0.1, 0.15) is 19.2 Å². The maximum Gasteiger partial charge on any atom is 0.134 e. The molecule has 0 radical (unpaired) electrons. The number of halogens is 1. The Hall–Kier alpha value is -0.870. The summed E-state index contributed by atoms with van der Waals surface area (Å²) in [5.74, 6) is 2.26. The number of aryl methyl sites for hydroxylation is 1. The van der Waals surface area contributed by atoms with Crippen molar-refractivity contribution in [3.8, 4) is 0 Å². The van der Waals surface area contributed by atoms with Crippen LogP contribution in [0.5, 0.6) is 0 Å². The Morgan fingerprint density at radius 1 is 1.53 bits per heavy atom. The summed E-state index contributed by atoms with van der Waals surface area (Å²) in [6.07, 6.45) is 1.15. The fourth-order valence-electron chi connectivity index (χ4n) is 2.14. The molecule has 1 aliphatic heterocycles. The van der Waals surface area contributed by atoms with Gasteiger partial charge in [-0.15, -0.1) is 0 Å². The molecule has 1 aliphatic rings. The molecule has 0 spiro atoms. The van der Waals surface area contributed by atoms with Gasteiger partial charge in [0.2, 0.25) is 0 Å². The summed E-state index contributed by atoms with van der Waals surface area (Å²) < 4.78 is 5.46. The van der Waals surface area contributed by atoms with E-state index in [1.807, 2.05) is 19.9 Å². The lowest BCUT2D eigenvalue weighted by molar-refractivity contribution is 0.117. The van der Waals surface area contributed by atoms with Crippen molar-refractivity contribution in [1.29, 1.82) is 0 Å². The van der Waals surface area contributed by atoms with E-state index in [0.717, 1.165) is 44.4 Å². The summed E-state index contributed by atoms with van der Waals surface area (Å²) >= 11 is 5.95. The van der Waals surface area contributed by atoms with Gasteiger partial charge in [-0.3, -0.25) is 0 Å². The third kappa shape index (κ3) is 3.30. The summed E-state index contributed by atoms with van der Waals surface area (Å²) in [6.45, 7) is 7.53. The van der Waals surface area contributed by atoms with Crippen molar-refractivity contribution in [3.63, 3.8) is 0 Å². The van der Waals surface area contributed by atoms with E-state index in [2.05, 4.69) is 14.9 Å². The first-order valence-electron chi connectivity index (χ1n) is 6.03. The monoisotopic (exact) mass is 255 g/mol. The summed E-state index contributed by atoms with van der Waals surface area (Å²) in [7, 11) is 0. The van der Waals surface area contributed by atoms with Crippen LogP contribution in [-0.2, 0) is 4.74 Å². The zero-order chi connectivity index (χ0) is 12.3. The Balaban J connectivity index is 1.99. The third-order valence-corrected chi connectivity index (χ3v) is 3.15. The largest absolute Gasteiger partial charge is 0.381 e. The van der Waals surface area contributed by atoms with Crippen LogP contribution in [0.4, 0.5) is 5.82 Å². The molecular formula is C12H18ClN3O. The molecule has 17 heavy (non-hydrogen) atoms. The lowest BCUT2D eigenvalue weighted by Crippen LogP contribution is -2.22. The molecule has 94 valence electrons. The quantitative estimate of drug-likeness (QED) is 0.774. The van der Waals surface area contributed by atoms with Crippen molar-refractivity contribution in [3.05, 3.63) is 17.0 Å². The molecule has 5 heteroatoms. The van der Waals surface area contributed by atoms with E-state index in [0.29, 0.717) is 11.1 Å². The van der Waals surface area contributed by atoms with Gasteiger partial charge in [0.15, 0.2) is 0 Å². The Labute approximate surface area is 107 Å². The first-order chi connectivity index (χ1) is 8.19. The van der Waals surface area contributed by atoms with Crippen LogP contribution in [0.25, 0.3) is 0 Å². The third-order valence-electron chi connectivity index (χ3n) is 2.96. The first-order valence-corrected chi connectivity index (χ1v) is 6.40. The SMILES string of the molecule is CCOCC1CCN(c2cc(Cl)nc(C)n2)C1. The molecule has 0 aliphatic carbocycles. The van der Waals surface area contributed by atoms with Crippen molar-refractivity contribution >= 4 is 17.4 Å². The highest BCUT2D eigenvalue weighted by Gasteiger charge is 2.23. The van der Waals surface area contributed by atoms with Crippen LogP contribution in [-0.4, -0.2) is 36.3 Å². The van der Waals surface area contributed by atoms with Crippen molar-refractivity contribution in [2.45, 2.75) is 20.3 Å². The lowest BCUT2D eigenvalue weighted by atomic mass is 10.1. The molecule has 0 aromatic carbocycles. The van der Waals surface area contributed by atoms with Gasteiger partial charge in [-0.1, -0.05) is 11.6 Å². The maximum absolute atomic E-state index is 5.95. The molecule has 0 bridgehead atoms. The number of anilines is 1. The highest BCUT2D eigenvalue weighted by Crippen LogP contribution is 2.24. The van der Waals surface area contributed by atoms with Gasteiger partial charge in [0.1, 0.15) is 16.8 Å². The number of hydrogen-bond acceptors (Lipinski definition) is 4. The number of hydrogen-bond donors (Lipinski definition) is 0. The van der Waals surface area contributed by atoms with Crippen LogP contribution >= 0.6 is 11.6 Å². The van der Waals surface area contributed by atoms with Crippen LogP contribution in [0.15, 0.2) is 6.07 Å². The molecule has 2 rings (SSSR count). The van der Waals surface area contributed by atoms with Crippen LogP contribution < -0.4 is 4.90 Å². The second-order valence-electron chi connectivity index (χ2n) is 4.36. The second kappa shape index (κ2) is 5.65. The van der Waals surface area contributed by atoms with Gasteiger partial charge in [-0.2, -0.15) is 0 Å². The van der Waals surface area contributed by atoms with Crippen molar-refractivity contribution in [2.24, 2.45) is 5.92 Å². The van der Waals surface area contributed by atoms with Crippen LogP contribution in [0, 0.1) is 12.8 Å².